The van der Waals surface area contributed by atoms with Crippen LogP contribution in [0.5, 0.6) is 0 Å². The Kier molecular flexibility index (Phi) is 5.38. The Morgan fingerprint density at radius 1 is 1.19 bits per heavy atom. The van der Waals surface area contributed by atoms with Crippen LogP contribution < -0.4 is 11.1 Å². The first-order valence-electron chi connectivity index (χ1n) is 7.99. The summed E-state index contributed by atoms with van der Waals surface area (Å²) in [7, 11) is 1.32. The van der Waals surface area contributed by atoms with Crippen molar-refractivity contribution < 1.29 is 14.3 Å². The zero-order valence-electron chi connectivity index (χ0n) is 14.7. The van der Waals surface area contributed by atoms with E-state index in [0.717, 1.165) is 16.9 Å². The third-order valence-electron chi connectivity index (χ3n) is 3.95. The average Bonchev–Trinajstić information content (AvgIpc) is 2.97. The number of aromatic nitrogens is 1. The number of amides is 1. The van der Waals surface area contributed by atoms with Crippen molar-refractivity contribution >= 4 is 46.9 Å². The summed E-state index contributed by atoms with van der Waals surface area (Å²) in [6.07, 6.45) is 0. The van der Waals surface area contributed by atoms with Gasteiger partial charge < -0.3 is 15.8 Å². The number of anilines is 2. The van der Waals surface area contributed by atoms with Crippen molar-refractivity contribution in [1.29, 1.82) is 0 Å². The summed E-state index contributed by atoms with van der Waals surface area (Å²) in [6.45, 7) is 1.87. The number of esters is 1. The Morgan fingerprint density at radius 3 is 2.56 bits per heavy atom. The van der Waals surface area contributed by atoms with Gasteiger partial charge in [0.1, 0.15) is 10.7 Å². The van der Waals surface area contributed by atoms with Gasteiger partial charge in [-0.2, -0.15) is 0 Å². The fourth-order valence-electron chi connectivity index (χ4n) is 2.58. The summed E-state index contributed by atoms with van der Waals surface area (Å²) in [4.78, 5) is 24.8. The summed E-state index contributed by atoms with van der Waals surface area (Å²) in [6, 6.07) is 14.2. The van der Waals surface area contributed by atoms with E-state index in [1.54, 1.807) is 34.9 Å². The number of hydrogen-bond donors (Lipinski definition) is 2. The van der Waals surface area contributed by atoms with E-state index in [9.17, 15) is 9.59 Å². The Bertz CT molecular complexity index is 1070. The van der Waals surface area contributed by atoms with Gasteiger partial charge in [0.25, 0.3) is 5.91 Å². The summed E-state index contributed by atoms with van der Waals surface area (Å²) < 4.78 is 6.78. The molecule has 0 aliphatic rings. The van der Waals surface area contributed by atoms with Crippen molar-refractivity contribution in [1.82, 2.24) is 4.57 Å². The van der Waals surface area contributed by atoms with Gasteiger partial charge in [0, 0.05) is 5.69 Å². The molecule has 2 aromatic carbocycles. The van der Waals surface area contributed by atoms with Crippen LogP contribution in [-0.2, 0) is 4.74 Å². The fraction of sp³-hybridized carbons (Fsp3) is 0.105. The molecule has 1 amide bonds. The summed E-state index contributed by atoms with van der Waals surface area (Å²) in [5.74, 6) is -0.572. The minimum absolute atomic E-state index is 0.226. The van der Waals surface area contributed by atoms with Crippen molar-refractivity contribution in [3.63, 3.8) is 0 Å². The van der Waals surface area contributed by atoms with Crippen LogP contribution in [0, 0.1) is 10.9 Å². The van der Waals surface area contributed by atoms with Crippen LogP contribution in [0.25, 0.3) is 5.69 Å². The third-order valence-corrected chi connectivity index (χ3v) is 5.34. The van der Waals surface area contributed by atoms with Gasteiger partial charge in [-0.25, -0.2) is 4.79 Å². The average molecular weight is 399 g/mol. The smallest absolute Gasteiger partial charge is 0.337 e. The molecule has 6 nitrogen and oxygen atoms in total. The zero-order chi connectivity index (χ0) is 19.6. The van der Waals surface area contributed by atoms with Crippen molar-refractivity contribution in [3.05, 3.63) is 68.5 Å². The van der Waals surface area contributed by atoms with Crippen LogP contribution in [-0.4, -0.2) is 23.6 Å². The minimum Gasteiger partial charge on any atom is -0.465 e. The second-order valence-electron chi connectivity index (χ2n) is 5.73. The Labute approximate surface area is 165 Å². The van der Waals surface area contributed by atoms with Crippen LogP contribution in [0.15, 0.2) is 48.5 Å². The molecule has 8 heteroatoms. The van der Waals surface area contributed by atoms with Crippen molar-refractivity contribution in [3.8, 4) is 5.69 Å². The molecule has 138 valence electrons. The molecule has 0 aliphatic carbocycles. The topological polar surface area (TPSA) is 86.3 Å². The summed E-state index contributed by atoms with van der Waals surface area (Å²) in [5.41, 5.74) is 8.78. The molecular formula is C19H17N3O3S2. The van der Waals surface area contributed by atoms with E-state index in [1.807, 2.05) is 25.1 Å². The van der Waals surface area contributed by atoms with Gasteiger partial charge in [0.05, 0.1) is 18.4 Å². The summed E-state index contributed by atoms with van der Waals surface area (Å²) >= 11 is 6.54. The lowest BCUT2D eigenvalue weighted by Gasteiger charge is -2.11. The molecule has 0 spiro atoms. The van der Waals surface area contributed by atoms with Crippen LogP contribution in [0.1, 0.15) is 25.6 Å². The zero-order valence-corrected chi connectivity index (χ0v) is 16.3. The molecular weight excluding hydrogens is 382 g/mol. The molecule has 0 atom stereocenters. The summed E-state index contributed by atoms with van der Waals surface area (Å²) in [5, 5.41) is 2.80. The first kappa shape index (κ1) is 18.8. The molecule has 3 aromatic rings. The van der Waals surface area contributed by atoms with Crippen molar-refractivity contribution in [2.24, 2.45) is 0 Å². The van der Waals surface area contributed by atoms with Crippen LogP contribution in [0.2, 0.25) is 0 Å². The van der Waals surface area contributed by atoms with Crippen molar-refractivity contribution in [2.75, 3.05) is 18.2 Å². The van der Waals surface area contributed by atoms with E-state index in [1.165, 1.54) is 7.11 Å². The molecule has 0 unspecified atom stereocenters. The first-order chi connectivity index (χ1) is 12.9. The number of nitrogens with two attached hydrogens (primary N) is 1. The molecule has 0 aliphatic heterocycles. The van der Waals surface area contributed by atoms with Gasteiger partial charge in [0.15, 0.2) is 3.95 Å². The maximum Gasteiger partial charge on any atom is 0.337 e. The largest absolute Gasteiger partial charge is 0.465 e. The standard InChI is InChI=1S/C19H17N3O3S2/c1-11-8-9-12(18(24)25-2)10-14(11)22-16(20)15(27-19(22)26)17(23)21-13-6-4-3-5-7-13/h3-10H,20H2,1-2H3,(H,21,23). The third kappa shape index (κ3) is 3.76. The second-order valence-corrected chi connectivity index (χ2v) is 7.37. The highest BCUT2D eigenvalue weighted by atomic mass is 32.1. The van der Waals surface area contributed by atoms with Gasteiger partial charge in [-0.15, -0.1) is 0 Å². The van der Waals surface area contributed by atoms with Gasteiger partial charge in [-0.1, -0.05) is 35.6 Å². The van der Waals surface area contributed by atoms with Gasteiger partial charge in [0.2, 0.25) is 0 Å². The number of nitrogen functional groups attached to an aromatic ring is 1. The number of nitrogens with one attached hydrogen (secondary N) is 1. The van der Waals surface area contributed by atoms with E-state index in [-0.39, 0.29) is 11.7 Å². The van der Waals surface area contributed by atoms with Crippen LogP contribution in [0.4, 0.5) is 11.5 Å². The molecule has 0 bridgehead atoms. The highest BCUT2D eigenvalue weighted by Gasteiger charge is 2.20. The van der Waals surface area contributed by atoms with Gasteiger partial charge >= 0.3 is 5.97 Å². The van der Waals surface area contributed by atoms with E-state index < -0.39 is 5.97 Å². The number of hydrogen-bond acceptors (Lipinski definition) is 6. The van der Waals surface area contributed by atoms with E-state index in [0.29, 0.717) is 25.8 Å². The Morgan fingerprint density at radius 2 is 1.89 bits per heavy atom. The highest BCUT2D eigenvalue weighted by molar-refractivity contribution is 7.73. The van der Waals surface area contributed by atoms with E-state index in [2.05, 4.69) is 5.32 Å². The minimum atomic E-state index is -0.460. The number of carbonyl (C=O) groups is 2. The lowest BCUT2D eigenvalue weighted by atomic mass is 10.1. The van der Waals surface area contributed by atoms with Gasteiger partial charge in [-0.05, 0) is 49.0 Å². The number of nitrogens with zero attached hydrogens (tertiary/aromatic N) is 1. The van der Waals surface area contributed by atoms with Gasteiger partial charge in [-0.3, -0.25) is 9.36 Å². The quantitative estimate of drug-likeness (QED) is 0.507. The Balaban J connectivity index is 2.03. The number of aryl methyl sites for hydroxylation is 1. The van der Waals surface area contributed by atoms with E-state index in [4.69, 9.17) is 22.7 Å². The predicted molar refractivity (Wildman–Crippen MR) is 109 cm³/mol. The lowest BCUT2D eigenvalue weighted by Crippen LogP contribution is -2.14. The van der Waals surface area contributed by atoms with Crippen LogP contribution >= 0.6 is 23.6 Å². The molecule has 0 saturated heterocycles. The number of carbonyl (C=O) groups excluding carboxylic acids is 2. The van der Waals surface area contributed by atoms with Crippen molar-refractivity contribution in [2.45, 2.75) is 6.92 Å². The number of rotatable bonds is 4. The molecule has 1 aromatic heterocycles. The molecule has 0 saturated carbocycles. The molecule has 27 heavy (non-hydrogen) atoms. The molecule has 0 radical (unpaired) electrons. The molecule has 3 rings (SSSR count). The number of ether oxygens (including phenoxy) is 1. The number of thiazole rings is 1. The highest BCUT2D eigenvalue weighted by Crippen LogP contribution is 2.29. The monoisotopic (exact) mass is 399 g/mol. The molecule has 0 fully saturated rings. The second kappa shape index (κ2) is 7.73. The number of benzene rings is 2. The number of para-hydroxylation sites is 1. The number of methoxy groups -OCH3 is 1. The maximum absolute atomic E-state index is 12.6. The lowest BCUT2D eigenvalue weighted by molar-refractivity contribution is 0.0600. The SMILES string of the molecule is COC(=O)c1ccc(C)c(-n2c(N)c(C(=O)Nc3ccccc3)sc2=S)c1. The molecule has 3 N–H and O–H groups in total. The molecule has 1 heterocycles. The predicted octanol–water partition coefficient (Wildman–Crippen LogP) is 4.20. The maximum atomic E-state index is 12.6. The fourth-order valence-corrected chi connectivity index (χ4v) is 3.83. The first-order valence-corrected chi connectivity index (χ1v) is 9.22. The van der Waals surface area contributed by atoms with Crippen LogP contribution in [0.3, 0.4) is 0 Å². The van der Waals surface area contributed by atoms with E-state index >= 15 is 0 Å². The normalized spacial score (nSPS) is 10.4. The Hall–Kier alpha value is -2.97.